The molecule has 1 aromatic heterocycles. The topological polar surface area (TPSA) is 59.5 Å². The van der Waals surface area contributed by atoms with Crippen molar-refractivity contribution in [3.63, 3.8) is 0 Å². The number of nitrogens with zero attached hydrogens (tertiary/aromatic N) is 3. The number of rotatable bonds is 6. The van der Waals surface area contributed by atoms with Crippen LogP contribution in [-0.4, -0.2) is 61.1 Å². The maximum absolute atomic E-state index is 14.4. The van der Waals surface area contributed by atoms with Crippen molar-refractivity contribution in [2.24, 2.45) is 17.8 Å². The molecule has 190 valence electrons. The highest BCUT2D eigenvalue weighted by molar-refractivity contribution is 5.64. The fraction of sp³-hybridized carbons (Fsp3) is 0.600. The third-order valence-electron chi connectivity index (χ3n) is 7.58. The molecular weight excluding hydrogens is 464 g/mol. The van der Waals surface area contributed by atoms with Gasteiger partial charge in [-0.3, -0.25) is 0 Å². The van der Waals surface area contributed by atoms with Gasteiger partial charge in [0, 0.05) is 50.5 Å². The largest absolute Gasteiger partial charge is 0.497 e. The maximum Gasteiger partial charge on any atom is 0.420 e. The van der Waals surface area contributed by atoms with Crippen molar-refractivity contribution in [1.82, 2.24) is 15.1 Å². The van der Waals surface area contributed by atoms with Crippen LogP contribution in [0.3, 0.4) is 0 Å². The molecule has 0 amide bonds. The number of ether oxygens (including phenoxy) is 2. The van der Waals surface area contributed by atoms with Crippen LogP contribution in [0.25, 0.3) is 11.3 Å². The quantitative estimate of drug-likeness (QED) is 0.579. The minimum absolute atomic E-state index is 0.0598. The standard InChI is InChI=1S/C25H30F4N4O2/c1-34-19-2-3-20(22(26)10-19)23-11-21(25(27,28)29)24(32-31-23)30-18-8-16-13-33(14-17(16)9-18)12-15-4-6-35-7-5-15/h2-3,10-11,15-18H,4-9,12-14H2,1H3,(H,30,32)/t16-,17+,18+. The summed E-state index contributed by atoms with van der Waals surface area (Å²) in [5.74, 6) is 0.882. The van der Waals surface area contributed by atoms with Crippen LogP contribution in [0.5, 0.6) is 5.75 Å². The van der Waals surface area contributed by atoms with E-state index in [2.05, 4.69) is 20.4 Å². The van der Waals surface area contributed by atoms with Gasteiger partial charge in [-0.1, -0.05) is 0 Å². The third kappa shape index (κ3) is 5.38. The Morgan fingerprint density at radius 3 is 2.43 bits per heavy atom. The molecule has 35 heavy (non-hydrogen) atoms. The van der Waals surface area contributed by atoms with E-state index in [1.165, 1.54) is 19.2 Å². The lowest BCUT2D eigenvalue weighted by Gasteiger charge is -2.28. The Hall–Kier alpha value is -2.46. The zero-order chi connectivity index (χ0) is 24.6. The molecule has 2 saturated heterocycles. The van der Waals surface area contributed by atoms with E-state index < -0.39 is 17.6 Å². The number of hydrogen-bond donors (Lipinski definition) is 1. The number of benzene rings is 1. The van der Waals surface area contributed by atoms with Gasteiger partial charge >= 0.3 is 6.18 Å². The molecule has 1 N–H and O–H groups in total. The molecular formula is C25H30F4N4O2. The number of anilines is 1. The van der Waals surface area contributed by atoms with E-state index in [1.54, 1.807) is 0 Å². The number of methoxy groups -OCH3 is 1. The lowest BCUT2D eigenvalue weighted by molar-refractivity contribution is -0.137. The second kappa shape index (κ2) is 9.89. The monoisotopic (exact) mass is 494 g/mol. The zero-order valence-electron chi connectivity index (χ0n) is 19.7. The number of hydrogen-bond acceptors (Lipinski definition) is 6. The van der Waals surface area contributed by atoms with Gasteiger partial charge in [0.15, 0.2) is 5.82 Å². The van der Waals surface area contributed by atoms with E-state index in [4.69, 9.17) is 9.47 Å². The fourth-order valence-corrected chi connectivity index (χ4v) is 5.83. The summed E-state index contributed by atoms with van der Waals surface area (Å²) in [5, 5.41) is 10.8. The first-order valence-corrected chi connectivity index (χ1v) is 12.2. The molecule has 6 nitrogen and oxygen atoms in total. The van der Waals surface area contributed by atoms with E-state index in [-0.39, 0.29) is 28.9 Å². The molecule has 0 unspecified atom stereocenters. The molecule has 3 aliphatic rings. The maximum atomic E-state index is 14.4. The number of fused-ring (bicyclic) bond motifs is 1. The number of nitrogens with one attached hydrogen (secondary N) is 1. The number of halogens is 4. The Bertz CT molecular complexity index is 1030. The van der Waals surface area contributed by atoms with Gasteiger partial charge in [0.05, 0.1) is 12.8 Å². The molecule has 0 bridgehead atoms. The van der Waals surface area contributed by atoms with Gasteiger partial charge in [-0.25, -0.2) is 4.39 Å². The van der Waals surface area contributed by atoms with Gasteiger partial charge in [0.2, 0.25) is 0 Å². The average molecular weight is 495 g/mol. The highest BCUT2D eigenvalue weighted by atomic mass is 19.4. The van der Waals surface area contributed by atoms with E-state index in [0.717, 1.165) is 70.7 Å². The van der Waals surface area contributed by atoms with Crippen LogP contribution in [0.15, 0.2) is 24.3 Å². The lowest BCUT2D eigenvalue weighted by atomic mass is 10.00. The lowest BCUT2D eigenvalue weighted by Crippen LogP contribution is -2.32. The normalized spacial score (nSPS) is 25.6. The third-order valence-corrected chi connectivity index (χ3v) is 7.58. The summed E-state index contributed by atoms with van der Waals surface area (Å²) in [7, 11) is 1.39. The first-order valence-electron chi connectivity index (χ1n) is 12.2. The van der Waals surface area contributed by atoms with Crippen molar-refractivity contribution in [2.45, 2.75) is 37.9 Å². The highest BCUT2D eigenvalue weighted by Gasteiger charge is 2.43. The molecule has 3 atom stereocenters. The molecule has 2 aromatic rings. The first-order chi connectivity index (χ1) is 16.8. The number of likely N-dealkylation sites (tertiary alicyclic amines) is 1. The van der Waals surface area contributed by atoms with Crippen molar-refractivity contribution in [3.8, 4) is 17.0 Å². The molecule has 1 saturated carbocycles. The summed E-state index contributed by atoms with van der Waals surface area (Å²) >= 11 is 0. The van der Waals surface area contributed by atoms with Crippen LogP contribution >= 0.6 is 0 Å². The van der Waals surface area contributed by atoms with Gasteiger partial charge in [-0.2, -0.15) is 13.2 Å². The second-order valence-corrected chi connectivity index (χ2v) is 9.94. The minimum atomic E-state index is -4.65. The first kappa shape index (κ1) is 24.2. The van der Waals surface area contributed by atoms with E-state index in [1.807, 2.05) is 0 Å². The molecule has 1 aliphatic carbocycles. The Morgan fingerprint density at radius 1 is 1.09 bits per heavy atom. The van der Waals surface area contributed by atoms with Crippen LogP contribution in [-0.2, 0) is 10.9 Å². The van der Waals surface area contributed by atoms with Crippen molar-refractivity contribution in [1.29, 1.82) is 0 Å². The summed E-state index contributed by atoms with van der Waals surface area (Å²) in [6, 6.07) is 4.71. The summed E-state index contributed by atoms with van der Waals surface area (Å²) in [5.41, 5.74) is -1.17. The molecule has 5 rings (SSSR count). The zero-order valence-corrected chi connectivity index (χ0v) is 19.7. The van der Waals surface area contributed by atoms with Crippen LogP contribution in [0, 0.1) is 23.6 Å². The van der Waals surface area contributed by atoms with Gasteiger partial charge in [0.1, 0.15) is 17.1 Å². The smallest absolute Gasteiger partial charge is 0.420 e. The predicted octanol–water partition coefficient (Wildman–Crippen LogP) is 4.86. The van der Waals surface area contributed by atoms with E-state index in [0.29, 0.717) is 17.8 Å². The van der Waals surface area contributed by atoms with E-state index in [9.17, 15) is 17.6 Å². The highest BCUT2D eigenvalue weighted by Crippen LogP contribution is 2.42. The Labute approximate surface area is 202 Å². The second-order valence-electron chi connectivity index (χ2n) is 9.94. The SMILES string of the molecule is COc1ccc(-c2cc(C(F)(F)F)c(N[C@H]3C[C@@H]4CN(CC5CCOCC5)C[C@@H]4C3)nn2)c(F)c1. The van der Waals surface area contributed by atoms with Crippen molar-refractivity contribution in [2.75, 3.05) is 45.3 Å². The van der Waals surface area contributed by atoms with Crippen molar-refractivity contribution < 1.29 is 27.0 Å². The van der Waals surface area contributed by atoms with Crippen LogP contribution < -0.4 is 10.1 Å². The molecule has 0 spiro atoms. The van der Waals surface area contributed by atoms with E-state index >= 15 is 0 Å². The average Bonchev–Trinajstić information content (AvgIpc) is 3.37. The Balaban J connectivity index is 1.26. The predicted molar refractivity (Wildman–Crippen MR) is 123 cm³/mol. The van der Waals surface area contributed by atoms with Crippen molar-refractivity contribution in [3.05, 3.63) is 35.6 Å². The number of aromatic nitrogens is 2. The Kier molecular flexibility index (Phi) is 6.85. The summed E-state index contributed by atoms with van der Waals surface area (Å²) in [6.07, 6.45) is -0.826. The molecule has 3 fully saturated rings. The van der Waals surface area contributed by atoms with Gasteiger partial charge in [-0.05, 0) is 61.6 Å². The minimum Gasteiger partial charge on any atom is -0.497 e. The van der Waals surface area contributed by atoms with Gasteiger partial charge in [0.25, 0.3) is 0 Å². The van der Waals surface area contributed by atoms with Gasteiger partial charge in [-0.15, -0.1) is 10.2 Å². The van der Waals surface area contributed by atoms with Gasteiger partial charge < -0.3 is 19.7 Å². The molecule has 1 aromatic carbocycles. The summed E-state index contributed by atoms with van der Waals surface area (Å²) in [4.78, 5) is 2.51. The molecule has 2 aliphatic heterocycles. The molecule has 3 heterocycles. The molecule has 0 radical (unpaired) electrons. The molecule has 10 heteroatoms. The fourth-order valence-electron chi connectivity index (χ4n) is 5.83. The van der Waals surface area contributed by atoms with Crippen LogP contribution in [0.2, 0.25) is 0 Å². The van der Waals surface area contributed by atoms with Crippen LogP contribution in [0.1, 0.15) is 31.2 Å². The van der Waals surface area contributed by atoms with Crippen molar-refractivity contribution >= 4 is 5.82 Å². The Morgan fingerprint density at radius 2 is 1.80 bits per heavy atom. The van der Waals surface area contributed by atoms with Crippen LogP contribution in [0.4, 0.5) is 23.4 Å². The summed E-state index contributed by atoms with van der Waals surface area (Å²) in [6.45, 7) is 4.75. The number of alkyl halides is 3. The summed E-state index contributed by atoms with van der Waals surface area (Å²) < 4.78 is 66.6.